The van der Waals surface area contributed by atoms with Crippen molar-refractivity contribution in [2.75, 3.05) is 44.1 Å². The molecule has 0 amide bonds. The normalized spacial score (nSPS) is 19.6. The molecule has 2 unspecified atom stereocenters. The van der Waals surface area contributed by atoms with Gasteiger partial charge in [0.15, 0.2) is 5.76 Å². The lowest BCUT2D eigenvalue weighted by Gasteiger charge is -2.19. The van der Waals surface area contributed by atoms with Crippen LogP contribution in [0, 0.1) is 18.3 Å². The van der Waals surface area contributed by atoms with Crippen molar-refractivity contribution in [3.05, 3.63) is 35.0 Å². The van der Waals surface area contributed by atoms with E-state index in [0.29, 0.717) is 49.7 Å². The predicted octanol–water partition coefficient (Wildman–Crippen LogP) is 4.95. The number of methoxy groups -OCH3 is 1. The van der Waals surface area contributed by atoms with Crippen LogP contribution in [0.3, 0.4) is 0 Å². The van der Waals surface area contributed by atoms with E-state index in [1.54, 1.807) is 7.11 Å². The molecule has 37 heavy (non-hydrogen) atoms. The molecule has 0 saturated heterocycles. The molecule has 0 radical (unpaired) electrons. The Morgan fingerprint density at radius 1 is 1.19 bits per heavy atom. The lowest BCUT2D eigenvalue weighted by atomic mass is 9.99. The summed E-state index contributed by atoms with van der Waals surface area (Å²) in [5.74, 6) is 3.71. The van der Waals surface area contributed by atoms with E-state index in [0.717, 1.165) is 53.4 Å². The first-order valence-electron chi connectivity index (χ1n) is 13.2. The zero-order chi connectivity index (χ0) is 26.6. The maximum absolute atomic E-state index is 9.61. The predicted molar refractivity (Wildman–Crippen MR) is 146 cm³/mol. The highest BCUT2D eigenvalue weighted by atomic mass is 16.5. The van der Waals surface area contributed by atoms with Gasteiger partial charge in [-0.1, -0.05) is 20.8 Å². The number of hydrogen-bond donors (Lipinski definition) is 3. The van der Waals surface area contributed by atoms with Gasteiger partial charge in [-0.3, -0.25) is 0 Å². The summed E-state index contributed by atoms with van der Waals surface area (Å²) in [7, 11) is 1.67. The quantitative estimate of drug-likeness (QED) is 0.384. The van der Waals surface area contributed by atoms with Crippen LogP contribution in [0.4, 0.5) is 11.8 Å². The van der Waals surface area contributed by atoms with Crippen LogP contribution in [-0.4, -0.2) is 60.3 Å². The molecule has 0 bridgehead atoms. The zero-order valence-electron chi connectivity index (χ0n) is 23.0. The molecule has 1 saturated carbocycles. The van der Waals surface area contributed by atoms with Crippen molar-refractivity contribution < 1.29 is 19.0 Å². The Morgan fingerprint density at radius 3 is 2.70 bits per heavy atom. The second kappa shape index (κ2) is 11.6. The first-order chi connectivity index (χ1) is 17.7. The van der Waals surface area contributed by atoms with Gasteiger partial charge in [-0.05, 0) is 63.0 Å². The molecule has 3 N–H and O–H groups in total. The van der Waals surface area contributed by atoms with Gasteiger partial charge < -0.3 is 29.6 Å². The third-order valence-electron chi connectivity index (χ3n) is 6.63. The number of allylic oxidation sites excluding steroid dienone is 1. The number of nitrogens with one attached hydrogen (secondary N) is 2. The Bertz CT molecular complexity index is 1150. The monoisotopic (exact) mass is 511 g/mol. The summed E-state index contributed by atoms with van der Waals surface area (Å²) in [4.78, 5) is 14.2. The Hall–Kier alpha value is -2.91. The minimum absolute atomic E-state index is 0.0539. The summed E-state index contributed by atoms with van der Waals surface area (Å²) in [5.41, 5.74) is 3.56. The van der Waals surface area contributed by atoms with Crippen molar-refractivity contribution in [1.29, 1.82) is 0 Å². The van der Waals surface area contributed by atoms with Gasteiger partial charge in [0.05, 0.1) is 30.2 Å². The van der Waals surface area contributed by atoms with Crippen molar-refractivity contribution in [2.24, 2.45) is 16.3 Å². The number of aliphatic imine (C=N–C) groups is 1. The topological polar surface area (TPSA) is 114 Å². The lowest BCUT2D eigenvalue weighted by molar-refractivity contribution is 0.126. The number of nitrogens with zero attached hydrogens (tertiary/aromatic N) is 3. The molecule has 0 aromatic carbocycles. The highest BCUT2D eigenvalue weighted by molar-refractivity contribution is 5.99. The molecular formula is C28H41N5O4. The van der Waals surface area contributed by atoms with Crippen molar-refractivity contribution in [3.8, 4) is 11.3 Å². The van der Waals surface area contributed by atoms with Crippen molar-refractivity contribution in [3.63, 3.8) is 0 Å². The second-order valence-corrected chi connectivity index (χ2v) is 11.2. The fraction of sp³-hybridized carbons (Fsp3) is 0.607. The van der Waals surface area contributed by atoms with Crippen LogP contribution in [0.15, 0.2) is 27.4 Å². The van der Waals surface area contributed by atoms with Gasteiger partial charge in [0, 0.05) is 31.9 Å². The van der Waals surface area contributed by atoms with E-state index in [-0.39, 0.29) is 18.1 Å². The number of aryl methyl sites for hydroxylation is 1. The number of aromatic nitrogens is 2. The molecule has 4 rings (SSSR count). The number of aliphatic hydroxyl groups is 1. The highest BCUT2D eigenvalue weighted by Gasteiger charge is 2.28. The molecule has 2 atom stereocenters. The minimum Gasteiger partial charge on any atom is -0.477 e. The van der Waals surface area contributed by atoms with Crippen LogP contribution < -0.4 is 10.6 Å². The summed E-state index contributed by atoms with van der Waals surface area (Å²) in [6.07, 6.45) is 5.58. The minimum atomic E-state index is 0.0539. The molecule has 2 aromatic heterocycles. The average molecular weight is 512 g/mol. The van der Waals surface area contributed by atoms with E-state index in [1.165, 1.54) is 0 Å². The van der Waals surface area contributed by atoms with Crippen LogP contribution in [0.1, 0.15) is 64.0 Å². The molecule has 0 spiro atoms. The number of furan rings is 1. The molecule has 1 aliphatic carbocycles. The van der Waals surface area contributed by atoms with Gasteiger partial charge in [-0.2, -0.15) is 4.98 Å². The lowest BCUT2D eigenvalue weighted by Crippen LogP contribution is -2.19. The molecule has 2 aromatic rings. The van der Waals surface area contributed by atoms with E-state index in [2.05, 4.69) is 37.5 Å². The summed E-state index contributed by atoms with van der Waals surface area (Å²) in [6, 6.07) is 2.30. The fourth-order valence-electron chi connectivity index (χ4n) is 4.73. The number of hydrogen-bond acceptors (Lipinski definition) is 9. The maximum Gasteiger partial charge on any atom is 0.224 e. The molecule has 202 valence electrons. The van der Waals surface area contributed by atoms with Crippen LogP contribution in [0.25, 0.3) is 11.3 Å². The second-order valence-electron chi connectivity index (χ2n) is 11.2. The Balaban J connectivity index is 1.63. The van der Waals surface area contributed by atoms with Gasteiger partial charge in [-0.15, -0.1) is 0 Å². The van der Waals surface area contributed by atoms with Crippen LogP contribution in [-0.2, 0) is 15.9 Å². The maximum atomic E-state index is 9.61. The van der Waals surface area contributed by atoms with Crippen LogP contribution in [0.5, 0.6) is 0 Å². The van der Waals surface area contributed by atoms with Crippen molar-refractivity contribution in [1.82, 2.24) is 9.97 Å². The van der Waals surface area contributed by atoms with E-state index in [1.807, 2.05) is 19.9 Å². The smallest absolute Gasteiger partial charge is 0.224 e. The van der Waals surface area contributed by atoms with Gasteiger partial charge in [0.25, 0.3) is 0 Å². The van der Waals surface area contributed by atoms with Crippen molar-refractivity contribution >= 4 is 17.5 Å². The fourth-order valence-corrected chi connectivity index (χ4v) is 4.73. The molecule has 2 aliphatic rings. The highest BCUT2D eigenvalue weighted by Crippen LogP contribution is 2.37. The molecular weight excluding hydrogens is 470 g/mol. The van der Waals surface area contributed by atoms with Gasteiger partial charge >= 0.3 is 0 Å². The summed E-state index contributed by atoms with van der Waals surface area (Å²) >= 11 is 0. The molecule has 1 aliphatic heterocycles. The summed E-state index contributed by atoms with van der Waals surface area (Å²) in [6.45, 7) is 12.3. The zero-order valence-corrected chi connectivity index (χ0v) is 23.0. The first-order valence-corrected chi connectivity index (χ1v) is 13.2. The van der Waals surface area contributed by atoms with E-state index < -0.39 is 0 Å². The first kappa shape index (κ1) is 27.1. The Labute approximate surface area is 219 Å². The SMILES string of the molecule is COCCNc1nc(C)c(-c2cc3c(o2)C(C)=NC(OCC(C)(C)C)=CC3)c(NC2CCC(CO)C2)n1. The van der Waals surface area contributed by atoms with E-state index in [4.69, 9.17) is 28.9 Å². The number of rotatable bonds is 10. The summed E-state index contributed by atoms with van der Waals surface area (Å²) < 4.78 is 17.5. The van der Waals surface area contributed by atoms with E-state index >= 15 is 0 Å². The largest absolute Gasteiger partial charge is 0.477 e. The van der Waals surface area contributed by atoms with Crippen LogP contribution in [0.2, 0.25) is 0 Å². The van der Waals surface area contributed by atoms with Gasteiger partial charge in [0.1, 0.15) is 11.6 Å². The number of aliphatic hydroxyl groups excluding tert-OH is 1. The third-order valence-corrected chi connectivity index (χ3v) is 6.63. The third kappa shape index (κ3) is 6.90. The van der Waals surface area contributed by atoms with Gasteiger partial charge in [0.2, 0.25) is 11.8 Å². The Kier molecular flexibility index (Phi) is 8.54. The molecule has 3 heterocycles. The molecule has 9 nitrogen and oxygen atoms in total. The number of ether oxygens (including phenoxy) is 2. The van der Waals surface area contributed by atoms with Gasteiger partial charge in [-0.25, -0.2) is 9.98 Å². The van der Waals surface area contributed by atoms with Crippen LogP contribution >= 0.6 is 0 Å². The van der Waals surface area contributed by atoms with E-state index in [9.17, 15) is 5.11 Å². The standard InChI is InChI=1S/C28H41N5O4/c1-17-24(22-14-20-8-10-23(36-16-28(3,4)5)30-18(2)25(20)37-22)26(32-21-9-7-19(13-21)15-34)33-27(31-17)29-11-12-35-6/h10,14,19,21,34H,7-9,11-13,15-16H2,1-6H3,(H2,29,31,32,33). The van der Waals surface area contributed by atoms with Crippen molar-refractivity contribution in [2.45, 2.75) is 66.3 Å². The molecule has 9 heteroatoms. The average Bonchev–Trinajstić information content (AvgIpc) is 3.44. The number of anilines is 2. The number of fused-ring (bicyclic) bond motifs is 1. The Morgan fingerprint density at radius 2 is 2.00 bits per heavy atom. The molecule has 1 fully saturated rings. The summed E-state index contributed by atoms with van der Waals surface area (Å²) in [5, 5.41) is 16.5.